The molecule has 1 aliphatic rings. The molecule has 0 saturated carbocycles. The molecule has 0 fully saturated rings. The van der Waals surface area contributed by atoms with E-state index in [0.29, 0.717) is 12.2 Å². The third-order valence-corrected chi connectivity index (χ3v) is 6.29. The molecule has 4 heteroatoms. The van der Waals surface area contributed by atoms with Gasteiger partial charge in [-0.1, -0.05) is 84.0 Å². The standard InChI is InChI=1S/C30H27NO3/c1-21(32)33-29-17-9-15-26-22(14-8-16-27(26)29)18-19-25-20-28(31-34-25)30(23-10-4-2-5-11-23)24-12-6-3-7-13-24/h2-7,9-13,15,17-18,20,30H,8,14,16,19H2,1H3. The molecule has 0 radical (unpaired) electrons. The third kappa shape index (κ3) is 4.72. The van der Waals surface area contributed by atoms with Crippen molar-refractivity contribution in [2.75, 3.05) is 0 Å². The minimum Gasteiger partial charge on any atom is -0.426 e. The van der Waals surface area contributed by atoms with Crippen molar-refractivity contribution < 1.29 is 14.1 Å². The van der Waals surface area contributed by atoms with Gasteiger partial charge in [-0.15, -0.1) is 0 Å². The van der Waals surface area contributed by atoms with E-state index >= 15 is 0 Å². The van der Waals surface area contributed by atoms with Gasteiger partial charge in [-0.05, 0) is 47.6 Å². The van der Waals surface area contributed by atoms with Crippen molar-refractivity contribution in [3.05, 3.63) is 125 Å². The van der Waals surface area contributed by atoms with E-state index in [1.807, 2.05) is 24.3 Å². The lowest BCUT2D eigenvalue weighted by Crippen LogP contribution is -2.09. The summed E-state index contributed by atoms with van der Waals surface area (Å²) in [6.07, 6.45) is 5.82. The highest BCUT2D eigenvalue weighted by Gasteiger charge is 2.22. The summed E-state index contributed by atoms with van der Waals surface area (Å²) in [6, 6.07) is 28.8. The molecule has 0 unspecified atom stereocenters. The number of nitrogens with zero attached hydrogens (tertiary/aromatic N) is 1. The quantitative estimate of drug-likeness (QED) is 0.242. The summed E-state index contributed by atoms with van der Waals surface area (Å²) >= 11 is 0. The Balaban J connectivity index is 1.42. The molecule has 170 valence electrons. The van der Waals surface area contributed by atoms with Crippen molar-refractivity contribution in [2.45, 2.75) is 38.5 Å². The fourth-order valence-corrected chi connectivity index (χ4v) is 4.79. The fourth-order valence-electron chi connectivity index (χ4n) is 4.79. The number of carbonyl (C=O) groups excluding carboxylic acids is 1. The molecule has 1 heterocycles. The number of fused-ring (bicyclic) bond motifs is 1. The van der Waals surface area contributed by atoms with Crippen LogP contribution in [0.5, 0.6) is 5.75 Å². The molecule has 4 nitrogen and oxygen atoms in total. The van der Waals surface area contributed by atoms with E-state index in [0.717, 1.165) is 41.8 Å². The van der Waals surface area contributed by atoms with E-state index in [1.54, 1.807) is 0 Å². The van der Waals surface area contributed by atoms with Gasteiger partial charge in [0.15, 0.2) is 0 Å². The molecular weight excluding hydrogens is 422 g/mol. The summed E-state index contributed by atoms with van der Waals surface area (Å²) in [5.41, 5.74) is 6.82. The number of aromatic nitrogens is 1. The lowest BCUT2D eigenvalue weighted by Gasteiger charge is -2.21. The summed E-state index contributed by atoms with van der Waals surface area (Å²) in [4.78, 5) is 11.5. The molecule has 1 aromatic heterocycles. The highest BCUT2D eigenvalue weighted by atomic mass is 16.5. The average Bonchev–Trinajstić information content (AvgIpc) is 3.32. The average molecular weight is 450 g/mol. The zero-order chi connectivity index (χ0) is 23.3. The first-order valence-electron chi connectivity index (χ1n) is 11.7. The highest BCUT2D eigenvalue weighted by Crippen LogP contribution is 2.37. The van der Waals surface area contributed by atoms with Gasteiger partial charge in [0.25, 0.3) is 0 Å². The molecule has 5 rings (SSSR count). The summed E-state index contributed by atoms with van der Waals surface area (Å²) in [5, 5.41) is 4.46. The van der Waals surface area contributed by atoms with Crippen LogP contribution < -0.4 is 4.74 Å². The van der Waals surface area contributed by atoms with Crippen LogP contribution in [0, 0.1) is 0 Å². The maximum Gasteiger partial charge on any atom is 0.308 e. The number of hydrogen-bond donors (Lipinski definition) is 0. The molecule has 4 aromatic rings. The topological polar surface area (TPSA) is 52.3 Å². The number of carbonyl (C=O) groups is 1. The summed E-state index contributed by atoms with van der Waals surface area (Å²) in [5.74, 6) is 1.24. The van der Waals surface area contributed by atoms with Gasteiger partial charge < -0.3 is 9.26 Å². The normalized spacial score (nSPS) is 14.2. The molecule has 0 atom stereocenters. The summed E-state index contributed by atoms with van der Waals surface area (Å²) in [7, 11) is 0. The van der Waals surface area contributed by atoms with Crippen molar-refractivity contribution in [1.82, 2.24) is 5.16 Å². The van der Waals surface area contributed by atoms with Crippen LogP contribution in [0.1, 0.15) is 59.4 Å². The van der Waals surface area contributed by atoms with Gasteiger partial charge in [-0.3, -0.25) is 4.79 Å². The summed E-state index contributed by atoms with van der Waals surface area (Å²) in [6.45, 7) is 1.44. The number of esters is 1. The Bertz CT molecular complexity index is 1270. The van der Waals surface area contributed by atoms with Gasteiger partial charge in [-0.2, -0.15) is 0 Å². The number of hydrogen-bond acceptors (Lipinski definition) is 4. The number of rotatable bonds is 6. The first-order chi connectivity index (χ1) is 16.7. The Hall–Kier alpha value is -3.92. The molecule has 0 N–H and O–H groups in total. The van der Waals surface area contributed by atoms with Crippen LogP contribution >= 0.6 is 0 Å². The molecule has 34 heavy (non-hydrogen) atoms. The zero-order valence-corrected chi connectivity index (χ0v) is 19.2. The Kier molecular flexibility index (Phi) is 6.39. The molecular formula is C30H27NO3. The van der Waals surface area contributed by atoms with Crippen LogP contribution in [0.25, 0.3) is 5.57 Å². The van der Waals surface area contributed by atoms with Crippen LogP contribution in [0.2, 0.25) is 0 Å². The van der Waals surface area contributed by atoms with Gasteiger partial charge in [0.2, 0.25) is 0 Å². The predicted octanol–water partition coefficient (Wildman–Crippen LogP) is 6.74. The number of benzene rings is 3. The van der Waals surface area contributed by atoms with Gasteiger partial charge in [-0.25, -0.2) is 0 Å². The second-order valence-electron chi connectivity index (χ2n) is 8.64. The van der Waals surface area contributed by atoms with Crippen molar-refractivity contribution in [3.63, 3.8) is 0 Å². The second kappa shape index (κ2) is 9.92. The third-order valence-electron chi connectivity index (χ3n) is 6.29. The van der Waals surface area contributed by atoms with E-state index in [1.165, 1.54) is 23.6 Å². The van der Waals surface area contributed by atoms with Crippen molar-refractivity contribution in [3.8, 4) is 5.75 Å². The smallest absolute Gasteiger partial charge is 0.308 e. The Morgan fingerprint density at radius 3 is 2.35 bits per heavy atom. The molecule has 0 spiro atoms. The van der Waals surface area contributed by atoms with Crippen LogP contribution in [-0.4, -0.2) is 11.1 Å². The van der Waals surface area contributed by atoms with E-state index in [-0.39, 0.29) is 11.9 Å². The highest BCUT2D eigenvalue weighted by molar-refractivity contribution is 5.75. The summed E-state index contributed by atoms with van der Waals surface area (Å²) < 4.78 is 11.2. The molecule has 0 bridgehead atoms. The molecule has 0 aliphatic heterocycles. The first kappa shape index (κ1) is 21.9. The van der Waals surface area contributed by atoms with Crippen molar-refractivity contribution in [2.24, 2.45) is 0 Å². The van der Waals surface area contributed by atoms with E-state index in [4.69, 9.17) is 9.26 Å². The van der Waals surface area contributed by atoms with E-state index in [9.17, 15) is 4.79 Å². The first-order valence-corrected chi connectivity index (χ1v) is 11.7. The number of ether oxygens (including phenoxy) is 1. The predicted molar refractivity (Wildman–Crippen MR) is 133 cm³/mol. The lowest BCUT2D eigenvalue weighted by atomic mass is 9.86. The van der Waals surface area contributed by atoms with Crippen LogP contribution in [-0.2, 0) is 17.6 Å². The fraction of sp³-hybridized carbons (Fsp3) is 0.200. The largest absolute Gasteiger partial charge is 0.426 e. The number of allylic oxidation sites excluding steroid dienone is 2. The van der Waals surface area contributed by atoms with E-state index < -0.39 is 0 Å². The van der Waals surface area contributed by atoms with Gasteiger partial charge >= 0.3 is 5.97 Å². The Morgan fingerprint density at radius 2 is 1.68 bits per heavy atom. The van der Waals surface area contributed by atoms with Crippen molar-refractivity contribution in [1.29, 1.82) is 0 Å². The van der Waals surface area contributed by atoms with Gasteiger partial charge in [0.05, 0.1) is 11.6 Å². The minimum atomic E-state index is -0.287. The van der Waals surface area contributed by atoms with Gasteiger partial charge in [0, 0.05) is 25.0 Å². The lowest BCUT2D eigenvalue weighted by molar-refractivity contribution is -0.131. The second-order valence-corrected chi connectivity index (χ2v) is 8.64. The Morgan fingerprint density at radius 1 is 0.971 bits per heavy atom. The maximum absolute atomic E-state index is 11.5. The minimum absolute atomic E-state index is 0.0225. The van der Waals surface area contributed by atoms with Gasteiger partial charge in [0.1, 0.15) is 11.5 Å². The maximum atomic E-state index is 11.5. The van der Waals surface area contributed by atoms with Crippen LogP contribution in [0.4, 0.5) is 0 Å². The van der Waals surface area contributed by atoms with Crippen molar-refractivity contribution >= 4 is 11.5 Å². The zero-order valence-electron chi connectivity index (χ0n) is 19.2. The van der Waals surface area contributed by atoms with Crippen LogP contribution in [0.3, 0.4) is 0 Å². The molecule has 0 saturated heterocycles. The monoisotopic (exact) mass is 449 g/mol. The molecule has 1 aliphatic carbocycles. The van der Waals surface area contributed by atoms with Crippen LogP contribution in [0.15, 0.2) is 95.5 Å². The molecule has 0 amide bonds. The van der Waals surface area contributed by atoms with E-state index in [2.05, 4.69) is 71.9 Å². The molecule has 3 aromatic carbocycles. The Labute approximate surface area is 199 Å². The SMILES string of the molecule is CC(=O)Oc1cccc2c1CCCC2=CCc1cc(C(c2ccccc2)c2ccccc2)no1.